The number of aliphatic imine (C=N–C) groups is 1. The van der Waals surface area contributed by atoms with Crippen LogP contribution >= 0.6 is 23.5 Å². The predicted octanol–water partition coefficient (Wildman–Crippen LogP) is 1.31. The van der Waals surface area contributed by atoms with Gasteiger partial charge in [-0.25, -0.2) is 14.2 Å². The number of pyridine rings is 1. The summed E-state index contributed by atoms with van der Waals surface area (Å²) in [4.78, 5) is 8.93. The number of nitrogens with zero attached hydrogens (tertiary/aromatic N) is 2. The summed E-state index contributed by atoms with van der Waals surface area (Å²) >= 11 is 7.04. The van der Waals surface area contributed by atoms with E-state index in [0.717, 1.165) is 4.90 Å². The number of nitrogens with one attached hydrogen (secondary N) is 1. The molecule has 0 fully saturated rings. The Hall–Kier alpha value is -0.760. The number of amidine groups is 1. The van der Waals surface area contributed by atoms with E-state index >= 15 is 0 Å². The van der Waals surface area contributed by atoms with Gasteiger partial charge in [-0.15, -0.1) is 0 Å². The van der Waals surface area contributed by atoms with Gasteiger partial charge in [0.1, 0.15) is 0 Å². The molecule has 0 aliphatic carbocycles. The van der Waals surface area contributed by atoms with E-state index in [1.54, 1.807) is 13.0 Å². The van der Waals surface area contributed by atoms with E-state index in [-0.39, 0.29) is 5.17 Å². The Morgan fingerprint density at radius 2 is 2.44 bits per heavy atom. The molecule has 16 heavy (non-hydrogen) atoms. The number of fused-ring (bicyclic) bond motifs is 1. The monoisotopic (exact) mass is 276 g/mol. The SMILES string of the molecule is CC=S(N)(=O)C1=Nc2ncc(Cl)cc2SN1. The van der Waals surface area contributed by atoms with Crippen LogP contribution in [0.15, 0.2) is 22.2 Å². The molecule has 2 rings (SSSR count). The number of hydrogen-bond donors (Lipinski definition) is 2. The molecule has 1 unspecified atom stereocenters. The largest absolute Gasteiger partial charge is 0.302 e. The summed E-state index contributed by atoms with van der Waals surface area (Å²) in [7, 11) is -2.70. The van der Waals surface area contributed by atoms with Crippen LogP contribution in [0.3, 0.4) is 0 Å². The molecule has 0 radical (unpaired) electrons. The first kappa shape index (κ1) is 11.7. The number of hydrogen-bond acceptors (Lipinski definition) is 5. The highest BCUT2D eigenvalue weighted by atomic mass is 35.5. The van der Waals surface area contributed by atoms with Gasteiger partial charge in [0.2, 0.25) is 5.17 Å². The molecule has 0 bridgehead atoms. The summed E-state index contributed by atoms with van der Waals surface area (Å²) < 4.78 is 14.7. The Bertz CT molecular complexity index is 577. The fraction of sp³-hybridized carbons (Fsp3) is 0.125. The van der Waals surface area contributed by atoms with Crippen molar-refractivity contribution in [2.45, 2.75) is 11.8 Å². The second-order valence-corrected chi connectivity index (χ2v) is 6.42. The molecule has 0 aromatic carbocycles. The Morgan fingerprint density at radius 1 is 1.69 bits per heavy atom. The lowest BCUT2D eigenvalue weighted by molar-refractivity contribution is 0.688. The second kappa shape index (κ2) is 4.25. The molecule has 0 amide bonds. The normalized spacial score (nSPS) is 17.8. The van der Waals surface area contributed by atoms with Crippen LogP contribution < -0.4 is 9.86 Å². The van der Waals surface area contributed by atoms with E-state index in [9.17, 15) is 4.21 Å². The number of halogens is 1. The van der Waals surface area contributed by atoms with Crippen molar-refractivity contribution in [3.05, 3.63) is 17.3 Å². The molecule has 86 valence electrons. The minimum atomic E-state index is -2.70. The first-order valence-corrected chi connectivity index (χ1v) is 7.19. The van der Waals surface area contributed by atoms with Gasteiger partial charge in [-0.2, -0.15) is 0 Å². The average molecular weight is 277 g/mol. The predicted molar refractivity (Wildman–Crippen MR) is 69.4 cm³/mol. The van der Waals surface area contributed by atoms with Crippen molar-refractivity contribution in [1.29, 1.82) is 0 Å². The summed E-state index contributed by atoms with van der Waals surface area (Å²) in [6.07, 6.45) is 1.49. The second-order valence-electron chi connectivity index (χ2n) is 2.98. The Labute approximate surface area is 103 Å². The maximum Gasteiger partial charge on any atom is 0.210 e. The standard InChI is InChI=1S/C8H9ClN4OS2/c1-2-16(10,14)8-12-7-6(15-13-8)3-5(9)4-11-7/h2-4H,1H3,(H2,10,14)(H,11,12,13). The molecule has 1 aliphatic heterocycles. The smallest absolute Gasteiger partial charge is 0.210 e. The number of nitrogens with two attached hydrogens (primary N) is 1. The van der Waals surface area contributed by atoms with Crippen LogP contribution in [0.4, 0.5) is 5.82 Å². The van der Waals surface area contributed by atoms with Crippen molar-refractivity contribution in [1.82, 2.24) is 9.71 Å². The molecular weight excluding hydrogens is 268 g/mol. The molecular formula is C8H9ClN4OS2. The summed E-state index contributed by atoms with van der Waals surface area (Å²) in [5.41, 5.74) is 0. The fourth-order valence-electron chi connectivity index (χ4n) is 1.04. The van der Waals surface area contributed by atoms with Gasteiger partial charge in [-0.1, -0.05) is 11.6 Å². The lowest BCUT2D eigenvalue weighted by atomic mass is 10.4. The van der Waals surface area contributed by atoms with E-state index < -0.39 is 9.71 Å². The molecule has 0 spiro atoms. The zero-order valence-electron chi connectivity index (χ0n) is 8.31. The molecule has 0 saturated carbocycles. The third-order valence-corrected chi connectivity index (χ3v) is 4.56. The fourth-order valence-corrected chi connectivity index (χ4v) is 2.98. The molecule has 1 aliphatic rings. The highest BCUT2D eigenvalue weighted by Crippen LogP contribution is 2.31. The van der Waals surface area contributed by atoms with Gasteiger partial charge in [0, 0.05) is 6.20 Å². The third-order valence-electron chi connectivity index (χ3n) is 1.91. The summed E-state index contributed by atoms with van der Waals surface area (Å²) in [5.74, 6) is 0.475. The molecule has 1 aromatic rings. The van der Waals surface area contributed by atoms with Gasteiger partial charge in [0.05, 0.1) is 19.6 Å². The minimum absolute atomic E-state index is 0.224. The van der Waals surface area contributed by atoms with Gasteiger partial charge in [0.15, 0.2) is 5.82 Å². The molecule has 3 N–H and O–H groups in total. The molecule has 1 aromatic heterocycles. The average Bonchev–Trinajstić information content (AvgIpc) is 2.28. The lowest BCUT2D eigenvalue weighted by Crippen LogP contribution is -2.34. The van der Waals surface area contributed by atoms with Crippen molar-refractivity contribution in [3.63, 3.8) is 0 Å². The van der Waals surface area contributed by atoms with E-state index in [0.29, 0.717) is 10.8 Å². The van der Waals surface area contributed by atoms with E-state index in [4.69, 9.17) is 16.7 Å². The maximum absolute atomic E-state index is 11.8. The highest BCUT2D eigenvalue weighted by molar-refractivity contribution is 8.14. The molecule has 0 saturated heterocycles. The van der Waals surface area contributed by atoms with Crippen molar-refractivity contribution >= 4 is 49.6 Å². The van der Waals surface area contributed by atoms with E-state index in [1.807, 2.05) is 0 Å². The van der Waals surface area contributed by atoms with Crippen molar-refractivity contribution in [3.8, 4) is 0 Å². The summed E-state index contributed by atoms with van der Waals surface area (Å²) in [5, 5.41) is 7.76. The van der Waals surface area contributed by atoms with Gasteiger partial charge >= 0.3 is 0 Å². The third kappa shape index (κ3) is 2.17. The topological polar surface area (TPSA) is 80.4 Å². The number of aromatic nitrogens is 1. The first-order chi connectivity index (χ1) is 7.53. The van der Waals surface area contributed by atoms with Gasteiger partial charge < -0.3 is 4.72 Å². The zero-order valence-corrected chi connectivity index (χ0v) is 10.7. The van der Waals surface area contributed by atoms with E-state index in [2.05, 4.69) is 14.7 Å². The molecule has 8 heteroatoms. The number of rotatable bonds is 0. The minimum Gasteiger partial charge on any atom is -0.302 e. The Balaban J connectivity index is 2.51. The van der Waals surface area contributed by atoms with E-state index in [1.165, 1.54) is 23.5 Å². The lowest BCUT2D eigenvalue weighted by Gasteiger charge is -2.16. The summed E-state index contributed by atoms with van der Waals surface area (Å²) in [6.45, 7) is 1.63. The molecule has 2 heterocycles. The maximum atomic E-state index is 11.8. The van der Waals surface area contributed by atoms with Crippen molar-refractivity contribution < 1.29 is 4.21 Å². The van der Waals surface area contributed by atoms with Crippen LogP contribution in [-0.4, -0.2) is 19.7 Å². The summed E-state index contributed by atoms with van der Waals surface area (Å²) in [6, 6.07) is 1.73. The quantitative estimate of drug-likeness (QED) is 0.553. The van der Waals surface area contributed by atoms with Crippen molar-refractivity contribution in [2.75, 3.05) is 0 Å². The van der Waals surface area contributed by atoms with Crippen LogP contribution in [0.25, 0.3) is 0 Å². The van der Waals surface area contributed by atoms with Crippen LogP contribution in [0.2, 0.25) is 5.02 Å². The van der Waals surface area contributed by atoms with Crippen LogP contribution in [0.5, 0.6) is 0 Å². The van der Waals surface area contributed by atoms with Gasteiger partial charge in [-0.3, -0.25) is 5.14 Å². The van der Waals surface area contributed by atoms with Crippen LogP contribution in [-0.2, 0) is 9.71 Å². The van der Waals surface area contributed by atoms with Gasteiger partial charge in [0.25, 0.3) is 0 Å². The molecule has 1 atom stereocenters. The highest BCUT2D eigenvalue weighted by Gasteiger charge is 2.18. The Morgan fingerprint density at radius 3 is 3.12 bits per heavy atom. The zero-order chi connectivity index (χ0) is 11.8. The first-order valence-electron chi connectivity index (χ1n) is 4.31. The Kier molecular flexibility index (Phi) is 3.11. The van der Waals surface area contributed by atoms with Gasteiger partial charge in [-0.05, 0) is 30.3 Å². The van der Waals surface area contributed by atoms with Crippen LogP contribution in [0, 0.1) is 0 Å². The molecule has 5 nitrogen and oxygen atoms in total. The van der Waals surface area contributed by atoms with Crippen LogP contribution in [0.1, 0.15) is 6.92 Å². The van der Waals surface area contributed by atoms with Crippen molar-refractivity contribution in [2.24, 2.45) is 10.1 Å².